The molecule has 1 atom stereocenters. The molecule has 1 aromatic heterocycles. The quantitative estimate of drug-likeness (QED) is 0.756. The van der Waals surface area contributed by atoms with Crippen molar-refractivity contribution in [3.8, 4) is 0 Å². The van der Waals surface area contributed by atoms with Crippen LogP contribution in [-0.4, -0.2) is 50.4 Å². The number of likely N-dealkylation sites (tertiary alicyclic amines) is 1. The van der Waals surface area contributed by atoms with Crippen molar-refractivity contribution in [2.45, 2.75) is 64.9 Å². The molecule has 1 saturated heterocycles. The van der Waals surface area contributed by atoms with Gasteiger partial charge in [0.25, 0.3) is 0 Å². The topological polar surface area (TPSA) is 50.6 Å². The molecule has 1 unspecified atom stereocenters. The van der Waals surface area contributed by atoms with Crippen LogP contribution in [0.1, 0.15) is 50.6 Å². The molecule has 2 aliphatic rings. The Morgan fingerprint density at radius 3 is 2.77 bits per heavy atom. The fourth-order valence-electron chi connectivity index (χ4n) is 4.15. The van der Waals surface area contributed by atoms with Crippen LogP contribution in [-0.2, 0) is 24.4 Å². The molecule has 0 aliphatic carbocycles. The Morgan fingerprint density at radius 2 is 2.00 bits per heavy atom. The Balaban J connectivity index is 1.38. The summed E-state index contributed by atoms with van der Waals surface area (Å²) < 4.78 is 7.52. The van der Waals surface area contributed by atoms with E-state index in [1.807, 2.05) is 25.5 Å². The van der Waals surface area contributed by atoms with Gasteiger partial charge in [0.05, 0.1) is 24.5 Å². The molecule has 1 fully saturated rings. The van der Waals surface area contributed by atoms with Crippen LogP contribution >= 0.6 is 0 Å². The molecular formula is C24H32N4O2. The monoisotopic (exact) mass is 408 g/mol. The summed E-state index contributed by atoms with van der Waals surface area (Å²) in [5, 5.41) is 4.72. The molecule has 30 heavy (non-hydrogen) atoms. The number of rotatable bonds is 4. The molecule has 6 nitrogen and oxygen atoms in total. The predicted molar refractivity (Wildman–Crippen MR) is 118 cm³/mol. The maximum Gasteiger partial charge on any atom is 0.410 e. The summed E-state index contributed by atoms with van der Waals surface area (Å²) >= 11 is 0. The van der Waals surface area contributed by atoms with E-state index in [0.29, 0.717) is 25.7 Å². The van der Waals surface area contributed by atoms with Crippen molar-refractivity contribution in [1.29, 1.82) is 0 Å². The number of carbonyl (C=O) groups excluding carboxylic acids is 1. The lowest BCUT2D eigenvalue weighted by Gasteiger charge is -2.30. The number of amides is 1. The SMILES string of the molecule is CC(C)(C)OC(=O)N1CCn2nc(/C=C/C3CCCN3Cc3ccccc3)cc2C1. The standard InChI is InChI=1S/C24H32N4O2/c1-24(2,3)30-23(29)27-14-15-28-22(18-27)16-20(25-28)11-12-21-10-7-13-26(21)17-19-8-5-4-6-9-19/h4-6,8-9,11-12,16,21H,7,10,13-15,17-18H2,1-3H3/b12-11+. The minimum Gasteiger partial charge on any atom is -0.444 e. The Labute approximate surface area is 179 Å². The second kappa shape index (κ2) is 8.64. The number of carbonyl (C=O) groups is 1. The smallest absolute Gasteiger partial charge is 0.410 e. The molecule has 3 heterocycles. The van der Waals surface area contributed by atoms with E-state index in [0.717, 1.165) is 24.5 Å². The lowest BCUT2D eigenvalue weighted by molar-refractivity contribution is 0.0194. The zero-order valence-electron chi connectivity index (χ0n) is 18.3. The number of hydrogen-bond donors (Lipinski definition) is 0. The van der Waals surface area contributed by atoms with Gasteiger partial charge in [-0.2, -0.15) is 5.10 Å². The first-order chi connectivity index (χ1) is 14.4. The van der Waals surface area contributed by atoms with Gasteiger partial charge in [-0.3, -0.25) is 9.58 Å². The Morgan fingerprint density at radius 1 is 1.20 bits per heavy atom. The first-order valence-corrected chi connectivity index (χ1v) is 10.9. The number of nitrogens with zero attached hydrogens (tertiary/aromatic N) is 4. The van der Waals surface area contributed by atoms with Crippen molar-refractivity contribution >= 4 is 12.2 Å². The van der Waals surface area contributed by atoms with Gasteiger partial charge in [-0.1, -0.05) is 36.4 Å². The summed E-state index contributed by atoms with van der Waals surface area (Å²) in [5.41, 5.74) is 2.90. The van der Waals surface area contributed by atoms with Crippen LogP contribution in [0.2, 0.25) is 0 Å². The highest BCUT2D eigenvalue weighted by atomic mass is 16.6. The number of hydrogen-bond acceptors (Lipinski definition) is 4. The number of aromatic nitrogens is 2. The van der Waals surface area contributed by atoms with Gasteiger partial charge in [-0.15, -0.1) is 0 Å². The summed E-state index contributed by atoms with van der Waals surface area (Å²) in [6.45, 7) is 9.67. The molecule has 4 rings (SSSR count). The van der Waals surface area contributed by atoms with E-state index < -0.39 is 5.60 Å². The summed E-state index contributed by atoms with van der Waals surface area (Å²) in [5.74, 6) is 0. The summed E-state index contributed by atoms with van der Waals surface area (Å²) in [7, 11) is 0. The predicted octanol–water partition coefficient (Wildman–Crippen LogP) is 4.31. The molecule has 0 N–H and O–H groups in total. The van der Waals surface area contributed by atoms with Crippen molar-refractivity contribution in [3.05, 3.63) is 59.4 Å². The number of ether oxygens (including phenoxy) is 1. The lowest BCUT2D eigenvalue weighted by atomic mass is 10.1. The molecule has 0 spiro atoms. The Hall–Kier alpha value is -2.60. The zero-order valence-corrected chi connectivity index (χ0v) is 18.3. The van der Waals surface area contributed by atoms with E-state index in [9.17, 15) is 4.79 Å². The number of benzene rings is 1. The van der Waals surface area contributed by atoms with Crippen molar-refractivity contribution in [3.63, 3.8) is 0 Å². The van der Waals surface area contributed by atoms with E-state index in [1.54, 1.807) is 4.90 Å². The van der Waals surface area contributed by atoms with Crippen molar-refractivity contribution in [2.24, 2.45) is 0 Å². The third-order valence-electron chi connectivity index (χ3n) is 5.60. The lowest BCUT2D eigenvalue weighted by Crippen LogP contribution is -2.41. The zero-order chi connectivity index (χ0) is 21.1. The molecule has 0 saturated carbocycles. The first kappa shape index (κ1) is 20.7. The van der Waals surface area contributed by atoms with Crippen LogP contribution in [0, 0.1) is 0 Å². The van der Waals surface area contributed by atoms with E-state index in [-0.39, 0.29) is 6.09 Å². The van der Waals surface area contributed by atoms with E-state index in [2.05, 4.69) is 53.5 Å². The normalized spacial score (nSPS) is 20.0. The van der Waals surface area contributed by atoms with E-state index >= 15 is 0 Å². The fourth-order valence-corrected chi connectivity index (χ4v) is 4.15. The molecule has 1 amide bonds. The van der Waals surface area contributed by atoms with Crippen molar-refractivity contribution < 1.29 is 9.53 Å². The van der Waals surface area contributed by atoms with Crippen LogP contribution < -0.4 is 0 Å². The summed E-state index contributed by atoms with van der Waals surface area (Å²) in [6.07, 6.45) is 6.58. The third-order valence-corrected chi connectivity index (χ3v) is 5.60. The van der Waals surface area contributed by atoms with Crippen LogP contribution in [0.5, 0.6) is 0 Å². The number of fused-ring (bicyclic) bond motifs is 1. The Bertz CT molecular complexity index is 898. The second-order valence-corrected chi connectivity index (χ2v) is 9.21. The largest absolute Gasteiger partial charge is 0.444 e. The molecule has 2 aromatic rings. The van der Waals surface area contributed by atoms with Crippen LogP contribution in [0.15, 0.2) is 42.5 Å². The molecule has 2 aliphatic heterocycles. The average molecular weight is 409 g/mol. The van der Waals surface area contributed by atoms with Gasteiger partial charge in [0.1, 0.15) is 5.60 Å². The van der Waals surface area contributed by atoms with Gasteiger partial charge in [0.2, 0.25) is 0 Å². The van der Waals surface area contributed by atoms with E-state index in [1.165, 1.54) is 18.4 Å². The van der Waals surface area contributed by atoms with Gasteiger partial charge in [0.15, 0.2) is 0 Å². The summed E-state index contributed by atoms with van der Waals surface area (Å²) in [6, 6.07) is 13.2. The molecule has 1 aromatic carbocycles. The third kappa shape index (κ3) is 5.11. The van der Waals surface area contributed by atoms with Gasteiger partial charge in [-0.25, -0.2) is 4.79 Å². The highest BCUT2D eigenvalue weighted by Gasteiger charge is 2.27. The van der Waals surface area contributed by atoms with Crippen molar-refractivity contribution in [2.75, 3.05) is 13.1 Å². The van der Waals surface area contributed by atoms with Gasteiger partial charge in [0, 0.05) is 19.1 Å². The van der Waals surface area contributed by atoms with E-state index in [4.69, 9.17) is 9.84 Å². The highest BCUT2D eigenvalue weighted by Crippen LogP contribution is 2.23. The van der Waals surface area contributed by atoms with Crippen LogP contribution in [0.25, 0.3) is 6.08 Å². The first-order valence-electron chi connectivity index (χ1n) is 10.9. The molecule has 0 bridgehead atoms. The van der Waals surface area contributed by atoms with Gasteiger partial charge < -0.3 is 9.64 Å². The van der Waals surface area contributed by atoms with Gasteiger partial charge >= 0.3 is 6.09 Å². The van der Waals surface area contributed by atoms with Crippen molar-refractivity contribution in [1.82, 2.24) is 19.6 Å². The minimum absolute atomic E-state index is 0.255. The maximum atomic E-state index is 12.4. The Kier molecular flexibility index (Phi) is 5.95. The highest BCUT2D eigenvalue weighted by molar-refractivity contribution is 5.68. The second-order valence-electron chi connectivity index (χ2n) is 9.21. The average Bonchev–Trinajstić information content (AvgIpc) is 3.31. The minimum atomic E-state index is -0.477. The van der Waals surface area contributed by atoms with Crippen LogP contribution in [0.4, 0.5) is 4.79 Å². The molecular weight excluding hydrogens is 376 g/mol. The molecule has 0 radical (unpaired) electrons. The molecule has 6 heteroatoms. The van der Waals surface area contributed by atoms with Crippen LogP contribution in [0.3, 0.4) is 0 Å². The molecule has 160 valence electrons. The van der Waals surface area contributed by atoms with Gasteiger partial charge in [-0.05, 0) is 57.9 Å². The maximum absolute atomic E-state index is 12.4. The fraction of sp³-hybridized carbons (Fsp3) is 0.500. The summed E-state index contributed by atoms with van der Waals surface area (Å²) in [4.78, 5) is 16.7.